The number of rotatable bonds is 5. The topological polar surface area (TPSA) is 88.3 Å². The van der Waals surface area contributed by atoms with Crippen LogP contribution in [0.25, 0.3) is 11.4 Å². The summed E-state index contributed by atoms with van der Waals surface area (Å²) in [6.07, 6.45) is 1.09. The molecule has 0 unspecified atom stereocenters. The number of urea groups is 1. The molecule has 0 bridgehead atoms. The third-order valence-electron chi connectivity index (χ3n) is 4.60. The molecule has 2 aromatic rings. The zero-order valence-electron chi connectivity index (χ0n) is 14.0. The van der Waals surface area contributed by atoms with Crippen LogP contribution in [0.15, 0.2) is 28.8 Å². The summed E-state index contributed by atoms with van der Waals surface area (Å²) in [7, 11) is 0. The predicted molar refractivity (Wildman–Crippen MR) is 86.9 cm³/mol. The van der Waals surface area contributed by atoms with Crippen molar-refractivity contribution < 1.29 is 14.1 Å². The van der Waals surface area contributed by atoms with E-state index >= 15 is 0 Å². The van der Waals surface area contributed by atoms with Gasteiger partial charge in [-0.1, -0.05) is 43.3 Å². The minimum atomic E-state index is -0.823. The molecule has 0 aliphatic carbocycles. The Labute approximate surface area is 140 Å². The van der Waals surface area contributed by atoms with E-state index in [2.05, 4.69) is 15.5 Å². The van der Waals surface area contributed by atoms with Gasteiger partial charge in [-0.15, -0.1) is 0 Å². The number of nitrogens with one attached hydrogen (secondary N) is 1. The molecule has 1 aromatic carbocycles. The number of hydrogen-bond acceptors (Lipinski definition) is 5. The lowest BCUT2D eigenvalue weighted by Gasteiger charge is -2.22. The number of carbonyl (C=O) groups is 2. The Kier molecular flexibility index (Phi) is 4.09. The number of benzene rings is 1. The number of carbonyl (C=O) groups excluding carboxylic acids is 2. The normalized spacial score (nSPS) is 16.5. The molecular formula is C17H20N4O3. The lowest BCUT2D eigenvalue weighted by atomic mass is 9.93. The zero-order chi connectivity index (χ0) is 17.3. The Hall–Kier alpha value is -2.70. The molecule has 1 aliphatic heterocycles. The van der Waals surface area contributed by atoms with Crippen LogP contribution >= 0.6 is 0 Å². The van der Waals surface area contributed by atoms with E-state index in [0.717, 1.165) is 16.0 Å². The van der Waals surface area contributed by atoms with Crippen molar-refractivity contribution in [2.24, 2.45) is 0 Å². The lowest BCUT2D eigenvalue weighted by Crippen LogP contribution is -2.45. The van der Waals surface area contributed by atoms with Gasteiger partial charge in [0.25, 0.3) is 5.91 Å². The maximum atomic E-state index is 12.6. The first kappa shape index (κ1) is 16.2. The molecule has 3 amide bonds. The summed E-state index contributed by atoms with van der Waals surface area (Å²) in [5.41, 5.74) is 1.06. The van der Waals surface area contributed by atoms with E-state index in [1.807, 2.05) is 45.0 Å². The number of amides is 3. The lowest BCUT2D eigenvalue weighted by molar-refractivity contribution is -0.132. The van der Waals surface area contributed by atoms with Gasteiger partial charge in [0, 0.05) is 5.56 Å². The Morgan fingerprint density at radius 2 is 1.92 bits per heavy atom. The van der Waals surface area contributed by atoms with Crippen molar-refractivity contribution in [3.05, 3.63) is 35.7 Å². The van der Waals surface area contributed by atoms with Crippen LogP contribution in [-0.4, -0.2) is 32.5 Å². The van der Waals surface area contributed by atoms with Crippen molar-refractivity contribution in [3.8, 4) is 11.4 Å². The number of hydrogen-bond donors (Lipinski definition) is 1. The van der Waals surface area contributed by atoms with Gasteiger partial charge in [-0.25, -0.2) is 4.79 Å². The van der Waals surface area contributed by atoms with Gasteiger partial charge in [-0.05, 0) is 25.3 Å². The number of aryl methyl sites for hydroxylation is 1. The molecule has 7 heteroatoms. The van der Waals surface area contributed by atoms with Crippen LogP contribution in [0.1, 0.15) is 38.1 Å². The van der Waals surface area contributed by atoms with Crippen LogP contribution in [-0.2, 0) is 11.3 Å². The van der Waals surface area contributed by atoms with Crippen LogP contribution in [0.3, 0.4) is 0 Å². The molecule has 24 heavy (non-hydrogen) atoms. The van der Waals surface area contributed by atoms with E-state index in [1.165, 1.54) is 0 Å². The minimum Gasteiger partial charge on any atom is -0.337 e. The highest BCUT2D eigenvalue weighted by Crippen LogP contribution is 2.26. The van der Waals surface area contributed by atoms with Crippen LogP contribution < -0.4 is 5.32 Å². The van der Waals surface area contributed by atoms with Gasteiger partial charge < -0.3 is 9.84 Å². The maximum absolute atomic E-state index is 12.6. The molecule has 1 aliphatic rings. The molecule has 1 N–H and O–H groups in total. The van der Waals surface area contributed by atoms with E-state index in [9.17, 15) is 9.59 Å². The molecule has 1 fully saturated rings. The second-order valence-electron chi connectivity index (χ2n) is 5.94. The average molecular weight is 328 g/mol. The van der Waals surface area contributed by atoms with Crippen molar-refractivity contribution in [2.75, 3.05) is 0 Å². The van der Waals surface area contributed by atoms with Gasteiger partial charge in [-0.3, -0.25) is 9.69 Å². The molecule has 3 rings (SSSR count). The summed E-state index contributed by atoms with van der Waals surface area (Å²) >= 11 is 0. The molecule has 1 saturated heterocycles. The Morgan fingerprint density at radius 1 is 1.21 bits per heavy atom. The number of nitrogens with zero attached hydrogens (tertiary/aromatic N) is 3. The van der Waals surface area contributed by atoms with Crippen LogP contribution in [0.2, 0.25) is 0 Å². The van der Waals surface area contributed by atoms with Gasteiger partial charge in [0.15, 0.2) is 0 Å². The van der Waals surface area contributed by atoms with Gasteiger partial charge in [0.2, 0.25) is 11.7 Å². The van der Waals surface area contributed by atoms with E-state index in [1.54, 1.807) is 0 Å². The smallest absolute Gasteiger partial charge is 0.325 e. The van der Waals surface area contributed by atoms with Gasteiger partial charge in [0.1, 0.15) is 12.1 Å². The first-order valence-electron chi connectivity index (χ1n) is 8.03. The van der Waals surface area contributed by atoms with Crippen LogP contribution in [0, 0.1) is 6.92 Å². The monoisotopic (exact) mass is 328 g/mol. The summed E-state index contributed by atoms with van der Waals surface area (Å²) in [5, 5.41) is 6.74. The fourth-order valence-corrected chi connectivity index (χ4v) is 2.94. The summed E-state index contributed by atoms with van der Waals surface area (Å²) in [6, 6.07) is 7.27. The first-order valence-corrected chi connectivity index (χ1v) is 8.03. The van der Waals surface area contributed by atoms with Crippen molar-refractivity contribution in [2.45, 2.75) is 45.7 Å². The summed E-state index contributed by atoms with van der Waals surface area (Å²) in [5.74, 6) is 0.445. The van der Waals surface area contributed by atoms with E-state index in [4.69, 9.17) is 4.52 Å². The van der Waals surface area contributed by atoms with Crippen molar-refractivity contribution in [1.82, 2.24) is 20.4 Å². The number of imide groups is 1. The zero-order valence-corrected chi connectivity index (χ0v) is 14.0. The van der Waals surface area contributed by atoms with Gasteiger partial charge >= 0.3 is 6.03 Å². The third-order valence-corrected chi connectivity index (χ3v) is 4.60. The second kappa shape index (κ2) is 6.07. The number of aromatic nitrogens is 2. The van der Waals surface area contributed by atoms with E-state index in [-0.39, 0.29) is 18.3 Å². The summed E-state index contributed by atoms with van der Waals surface area (Å²) in [6.45, 7) is 5.70. The Morgan fingerprint density at radius 3 is 2.54 bits per heavy atom. The fraction of sp³-hybridized carbons (Fsp3) is 0.412. The van der Waals surface area contributed by atoms with Crippen molar-refractivity contribution >= 4 is 11.9 Å². The highest BCUT2D eigenvalue weighted by molar-refractivity contribution is 6.06. The highest BCUT2D eigenvalue weighted by atomic mass is 16.5. The molecule has 0 radical (unpaired) electrons. The fourth-order valence-electron chi connectivity index (χ4n) is 2.94. The standard InChI is InChI=1S/C17H20N4O3/c1-4-17(5-2)15(22)21(16(23)19-17)10-13-18-14(20-24-13)12-9-7-6-8-11(12)3/h6-9H,4-5,10H2,1-3H3,(H,19,23). The molecular weight excluding hydrogens is 308 g/mol. The van der Waals surface area contributed by atoms with Gasteiger partial charge in [-0.2, -0.15) is 4.98 Å². The molecule has 1 aromatic heterocycles. The highest BCUT2D eigenvalue weighted by Gasteiger charge is 2.49. The van der Waals surface area contributed by atoms with E-state index in [0.29, 0.717) is 18.7 Å². The SMILES string of the molecule is CCC1(CC)NC(=O)N(Cc2nc(-c3ccccc3C)no2)C1=O. The van der Waals surface area contributed by atoms with Crippen LogP contribution in [0.5, 0.6) is 0 Å². The molecule has 2 heterocycles. The summed E-state index contributed by atoms with van der Waals surface area (Å²) in [4.78, 5) is 30.2. The summed E-state index contributed by atoms with van der Waals surface area (Å²) < 4.78 is 5.23. The Bertz CT molecular complexity index is 780. The van der Waals surface area contributed by atoms with E-state index < -0.39 is 11.6 Å². The molecule has 126 valence electrons. The third kappa shape index (κ3) is 2.55. The second-order valence-corrected chi connectivity index (χ2v) is 5.94. The quantitative estimate of drug-likeness (QED) is 0.852. The Balaban J connectivity index is 1.82. The molecule has 7 nitrogen and oxygen atoms in total. The largest absolute Gasteiger partial charge is 0.337 e. The van der Waals surface area contributed by atoms with Crippen LogP contribution in [0.4, 0.5) is 4.79 Å². The minimum absolute atomic E-state index is 0.0225. The molecule has 0 saturated carbocycles. The predicted octanol–water partition coefficient (Wildman–Crippen LogP) is 2.66. The average Bonchev–Trinajstić information content (AvgIpc) is 3.14. The molecule has 0 atom stereocenters. The molecule has 0 spiro atoms. The maximum Gasteiger partial charge on any atom is 0.325 e. The van der Waals surface area contributed by atoms with Crippen molar-refractivity contribution in [1.29, 1.82) is 0 Å². The van der Waals surface area contributed by atoms with Gasteiger partial charge in [0.05, 0.1) is 0 Å². The first-order chi connectivity index (χ1) is 11.5. The van der Waals surface area contributed by atoms with Crippen molar-refractivity contribution in [3.63, 3.8) is 0 Å².